The molecule has 0 aliphatic carbocycles. The number of aliphatic carboxylic acids is 2. The van der Waals surface area contributed by atoms with Crippen LogP contribution in [-0.4, -0.2) is 80.2 Å². The van der Waals surface area contributed by atoms with Crippen LogP contribution >= 0.6 is 0 Å². The van der Waals surface area contributed by atoms with Crippen molar-refractivity contribution in [2.45, 2.75) is 12.5 Å². The minimum Gasteiger partial charge on any atom is -0.481 e. The van der Waals surface area contributed by atoms with Gasteiger partial charge in [0, 0.05) is 0 Å². The van der Waals surface area contributed by atoms with Crippen molar-refractivity contribution in [2.24, 2.45) is 0 Å². The summed E-state index contributed by atoms with van der Waals surface area (Å²) in [4.78, 5) is 19.4. The number of aliphatic hydroxyl groups is 5. The van der Waals surface area contributed by atoms with Gasteiger partial charge < -0.3 is 35.7 Å². The molecule has 0 fully saturated rings. The third-order valence-corrected chi connectivity index (χ3v) is 0.853. The zero-order valence-corrected chi connectivity index (χ0v) is 9.06. The average molecular weight is 258 g/mol. The number of hydrogen-bond donors (Lipinski definition) is 7. The first-order valence-electron chi connectivity index (χ1n) is 4.43. The number of carboxylic acids is 2. The average Bonchev–Trinajstić information content (AvgIpc) is 2.28. The third kappa shape index (κ3) is 31.3. The smallest absolute Gasteiger partial charge is 0.333 e. The molecular formula is C8H18O9. The van der Waals surface area contributed by atoms with Gasteiger partial charge in [0.1, 0.15) is 0 Å². The summed E-state index contributed by atoms with van der Waals surface area (Å²) in [5.74, 6) is -2.85. The highest BCUT2D eigenvalue weighted by Crippen LogP contribution is 1.89. The molecule has 0 spiro atoms. The second kappa shape index (κ2) is 17.1. The van der Waals surface area contributed by atoms with E-state index in [4.69, 9.17) is 35.7 Å². The van der Waals surface area contributed by atoms with E-state index < -0.39 is 24.5 Å². The Hall–Kier alpha value is -1.26. The van der Waals surface area contributed by atoms with E-state index in [1.807, 2.05) is 0 Å². The van der Waals surface area contributed by atoms with Crippen molar-refractivity contribution < 1.29 is 45.3 Å². The molecule has 17 heavy (non-hydrogen) atoms. The summed E-state index contributed by atoms with van der Waals surface area (Å²) in [6, 6.07) is 0. The first kappa shape index (κ1) is 21.1. The molecule has 0 saturated heterocycles. The van der Waals surface area contributed by atoms with Crippen LogP contribution in [-0.2, 0) is 9.59 Å². The molecule has 1 unspecified atom stereocenters. The van der Waals surface area contributed by atoms with Gasteiger partial charge in [-0.1, -0.05) is 0 Å². The number of aliphatic hydroxyl groups excluding tert-OH is 5. The standard InChI is InChI=1S/C4H6O5.2C2H6O2/c5-2(4(8)9)1-3(6)7;2*3-1-2-4/h2,5H,1H2,(H,6,7)(H,8,9);2*3-4H,1-2H2. The van der Waals surface area contributed by atoms with E-state index in [0.29, 0.717) is 0 Å². The van der Waals surface area contributed by atoms with Gasteiger partial charge in [-0.05, 0) is 0 Å². The maximum absolute atomic E-state index is 9.72. The van der Waals surface area contributed by atoms with E-state index in [-0.39, 0.29) is 26.4 Å². The summed E-state index contributed by atoms with van der Waals surface area (Å²) < 4.78 is 0. The molecule has 0 heterocycles. The van der Waals surface area contributed by atoms with E-state index in [1.165, 1.54) is 0 Å². The Morgan fingerprint density at radius 1 is 0.824 bits per heavy atom. The summed E-state index contributed by atoms with van der Waals surface area (Å²) >= 11 is 0. The van der Waals surface area contributed by atoms with Gasteiger partial charge in [-0.15, -0.1) is 0 Å². The summed E-state index contributed by atoms with van der Waals surface area (Å²) in [6.07, 6.45) is -2.54. The molecule has 9 nitrogen and oxygen atoms in total. The van der Waals surface area contributed by atoms with Crippen molar-refractivity contribution in [2.75, 3.05) is 26.4 Å². The van der Waals surface area contributed by atoms with Crippen LogP contribution in [0.4, 0.5) is 0 Å². The van der Waals surface area contributed by atoms with Crippen LogP contribution in [0.15, 0.2) is 0 Å². The second-order valence-corrected chi connectivity index (χ2v) is 2.35. The van der Waals surface area contributed by atoms with Crippen LogP contribution in [0.5, 0.6) is 0 Å². The lowest BCUT2D eigenvalue weighted by molar-refractivity contribution is -0.152. The third-order valence-electron chi connectivity index (χ3n) is 0.853. The number of carboxylic acid groups (broad SMARTS) is 2. The molecule has 7 N–H and O–H groups in total. The predicted molar refractivity (Wildman–Crippen MR) is 54.2 cm³/mol. The molecular weight excluding hydrogens is 240 g/mol. The summed E-state index contributed by atoms with van der Waals surface area (Å²) in [6.45, 7) is -0.500. The van der Waals surface area contributed by atoms with E-state index in [2.05, 4.69) is 0 Å². The van der Waals surface area contributed by atoms with Gasteiger partial charge in [0.15, 0.2) is 6.10 Å². The highest BCUT2D eigenvalue weighted by molar-refractivity contribution is 5.79. The van der Waals surface area contributed by atoms with Crippen molar-refractivity contribution in [3.8, 4) is 0 Å². The molecule has 0 aliphatic rings. The maximum atomic E-state index is 9.72. The van der Waals surface area contributed by atoms with Crippen LogP contribution in [0.25, 0.3) is 0 Å². The van der Waals surface area contributed by atoms with Crippen molar-refractivity contribution in [3.05, 3.63) is 0 Å². The lowest BCUT2D eigenvalue weighted by atomic mass is 10.3. The van der Waals surface area contributed by atoms with Gasteiger partial charge in [-0.25, -0.2) is 4.79 Å². The van der Waals surface area contributed by atoms with Gasteiger partial charge in [0.05, 0.1) is 32.8 Å². The summed E-state index contributed by atoms with van der Waals surface area (Å²) in [5.41, 5.74) is 0. The number of rotatable bonds is 5. The lowest BCUT2D eigenvalue weighted by Crippen LogP contribution is -2.22. The fraction of sp³-hybridized carbons (Fsp3) is 0.750. The van der Waals surface area contributed by atoms with Crippen LogP contribution in [0.2, 0.25) is 0 Å². The Morgan fingerprint density at radius 2 is 1.12 bits per heavy atom. The molecule has 0 aromatic rings. The lowest BCUT2D eigenvalue weighted by Gasteiger charge is -1.97. The second-order valence-electron chi connectivity index (χ2n) is 2.35. The fourth-order valence-corrected chi connectivity index (χ4v) is 0.253. The minimum atomic E-state index is -1.79. The molecule has 0 aromatic carbocycles. The summed E-state index contributed by atoms with van der Waals surface area (Å²) in [7, 11) is 0. The Kier molecular flexibility index (Phi) is 21.2. The van der Waals surface area contributed by atoms with Gasteiger partial charge >= 0.3 is 11.9 Å². The molecule has 0 aliphatic heterocycles. The fourth-order valence-electron chi connectivity index (χ4n) is 0.253. The highest BCUT2D eigenvalue weighted by atomic mass is 16.4. The van der Waals surface area contributed by atoms with E-state index in [9.17, 15) is 9.59 Å². The normalized spacial score (nSPS) is 10.2. The van der Waals surface area contributed by atoms with Crippen LogP contribution in [0.3, 0.4) is 0 Å². The SMILES string of the molecule is O=C(O)CC(O)C(=O)O.OCCO.OCCO. The van der Waals surface area contributed by atoms with Crippen LogP contribution < -0.4 is 0 Å². The van der Waals surface area contributed by atoms with Crippen molar-refractivity contribution in [1.29, 1.82) is 0 Å². The number of carbonyl (C=O) groups is 2. The first-order chi connectivity index (χ1) is 7.87. The Labute approximate surface area is 97.2 Å². The zero-order chi connectivity index (χ0) is 14.3. The van der Waals surface area contributed by atoms with Crippen molar-refractivity contribution >= 4 is 11.9 Å². The molecule has 0 radical (unpaired) electrons. The van der Waals surface area contributed by atoms with E-state index >= 15 is 0 Å². The molecule has 0 aromatic heterocycles. The molecule has 0 amide bonds. The Morgan fingerprint density at radius 3 is 1.18 bits per heavy atom. The molecule has 0 bridgehead atoms. The van der Waals surface area contributed by atoms with Crippen molar-refractivity contribution in [3.63, 3.8) is 0 Å². The Balaban J connectivity index is -0.000000205. The quantitative estimate of drug-likeness (QED) is 0.268. The number of hydrogen-bond acceptors (Lipinski definition) is 7. The van der Waals surface area contributed by atoms with Gasteiger partial charge in [-0.2, -0.15) is 0 Å². The van der Waals surface area contributed by atoms with E-state index in [1.54, 1.807) is 0 Å². The predicted octanol–water partition coefficient (Wildman–Crippen LogP) is -3.15. The maximum Gasteiger partial charge on any atom is 0.333 e. The molecule has 1 atom stereocenters. The van der Waals surface area contributed by atoms with Gasteiger partial charge in [0.25, 0.3) is 0 Å². The monoisotopic (exact) mass is 258 g/mol. The first-order valence-corrected chi connectivity index (χ1v) is 4.43. The summed E-state index contributed by atoms with van der Waals surface area (Å²) in [5, 5.41) is 54.6. The largest absolute Gasteiger partial charge is 0.481 e. The molecule has 0 rings (SSSR count). The van der Waals surface area contributed by atoms with Crippen LogP contribution in [0.1, 0.15) is 6.42 Å². The minimum absolute atomic E-state index is 0.125. The van der Waals surface area contributed by atoms with Crippen molar-refractivity contribution in [1.82, 2.24) is 0 Å². The van der Waals surface area contributed by atoms with E-state index in [0.717, 1.165) is 0 Å². The molecule has 0 saturated carbocycles. The van der Waals surface area contributed by atoms with Crippen LogP contribution in [0, 0.1) is 0 Å². The molecule has 104 valence electrons. The molecule has 9 heteroatoms. The highest BCUT2D eigenvalue weighted by Gasteiger charge is 2.16. The Bertz CT molecular complexity index is 174. The van der Waals surface area contributed by atoms with Gasteiger partial charge in [-0.3, -0.25) is 4.79 Å². The zero-order valence-electron chi connectivity index (χ0n) is 9.06. The topological polar surface area (TPSA) is 176 Å². The van der Waals surface area contributed by atoms with Gasteiger partial charge in [0.2, 0.25) is 0 Å².